The van der Waals surface area contributed by atoms with Crippen LogP contribution in [0.25, 0.3) is 0 Å². The molecule has 1 heterocycles. The van der Waals surface area contributed by atoms with Gasteiger partial charge in [0.05, 0.1) is 0 Å². The lowest BCUT2D eigenvalue weighted by Gasteiger charge is -2.27. The molecular weight excluding hydrogens is 206 g/mol. The summed E-state index contributed by atoms with van der Waals surface area (Å²) in [4.78, 5) is 0. The minimum atomic E-state index is 0.727. The molecule has 1 aliphatic carbocycles. The van der Waals surface area contributed by atoms with Crippen molar-refractivity contribution in [2.75, 3.05) is 5.32 Å². The van der Waals surface area contributed by atoms with Gasteiger partial charge < -0.3 is 5.32 Å². The number of benzene rings is 1. The number of hydrogen-bond acceptors (Lipinski definition) is 1. The number of aryl methyl sites for hydroxylation is 1. The number of rotatable bonds is 3. The molecule has 0 aromatic heterocycles. The lowest BCUT2D eigenvalue weighted by atomic mass is 9.92. The second-order valence-electron chi connectivity index (χ2n) is 5.76. The van der Waals surface area contributed by atoms with Crippen LogP contribution in [-0.4, -0.2) is 6.04 Å². The van der Waals surface area contributed by atoms with Crippen LogP contribution in [0.4, 0.5) is 5.69 Å². The summed E-state index contributed by atoms with van der Waals surface area (Å²) in [6, 6.07) is 9.52. The molecule has 1 heteroatoms. The number of para-hydroxylation sites is 1. The maximum Gasteiger partial charge on any atom is 0.0374 e. The summed E-state index contributed by atoms with van der Waals surface area (Å²) in [7, 11) is 0. The number of hydrogen-bond donors (Lipinski definition) is 1. The van der Waals surface area contributed by atoms with Crippen LogP contribution in [0.2, 0.25) is 0 Å². The average molecular weight is 229 g/mol. The van der Waals surface area contributed by atoms with Gasteiger partial charge in [0.25, 0.3) is 0 Å². The molecule has 1 fully saturated rings. The second kappa shape index (κ2) is 5.12. The first-order valence-corrected chi connectivity index (χ1v) is 7.26. The van der Waals surface area contributed by atoms with Crippen LogP contribution in [0.5, 0.6) is 0 Å². The maximum atomic E-state index is 3.72. The topological polar surface area (TPSA) is 12.0 Å². The highest BCUT2D eigenvalue weighted by molar-refractivity contribution is 5.53. The van der Waals surface area contributed by atoms with E-state index in [2.05, 4.69) is 29.6 Å². The molecule has 0 radical (unpaired) electrons. The van der Waals surface area contributed by atoms with Gasteiger partial charge in [-0.1, -0.05) is 43.9 Å². The van der Waals surface area contributed by atoms with Crippen LogP contribution < -0.4 is 5.32 Å². The van der Waals surface area contributed by atoms with Crippen molar-refractivity contribution < 1.29 is 0 Å². The SMILES string of the molecule is c1ccc2c(c1)CCC(CCC1CCCC1)N2. The van der Waals surface area contributed by atoms with E-state index in [1.54, 1.807) is 0 Å². The smallest absolute Gasteiger partial charge is 0.0374 e. The van der Waals surface area contributed by atoms with Crippen molar-refractivity contribution in [1.82, 2.24) is 0 Å². The highest BCUT2D eigenvalue weighted by Crippen LogP contribution is 2.31. The Morgan fingerprint density at radius 1 is 1.00 bits per heavy atom. The Morgan fingerprint density at radius 3 is 2.71 bits per heavy atom. The van der Waals surface area contributed by atoms with Crippen LogP contribution in [0.1, 0.15) is 50.5 Å². The molecule has 0 amide bonds. The predicted octanol–water partition coefficient (Wildman–Crippen LogP) is 4.38. The molecule has 0 bridgehead atoms. The predicted molar refractivity (Wildman–Crippen MR) is 73.4 cm³/mol. The fourth-order valence-corrected chi connectivity index (χ4v) is 3.45. The van der Waals surface area contributed by atoms with Gasteiger partial charge in [-0.3, -0.25) is 0 Å². The standard InChI is InChI=1S/C16H23N/c1-2-6-13(5-1)9-11-15-12-10-14-7-3-4-8-16(14)17-15/h3-4,7-8,13,15,17H,1-2,5-6,9-12H2. The average Bonchev–Trinajstić information content (AvgIpc) is 2.89. The van der Waals surface area contributed by atoms with Crippen LogP contribution >= 0.6 is 0 Å². The fraction of sp³-hybridized carbons (Fsp3) is 0.625. The summed E-state index contributed by atoms with van der Waals surface area (Å²) < 4.78 is 0. The Kier molecular flexibility index (Phi) is 3.35. The summed E-state index contributed by atoms with van der Waals surface area (Å²) >= 11 is 0. The minimum Gasteiger partial charge on any atom is -0.382 e. The summed E-state index contributed by atoms with van der Waals surface area (Å²) in [6.07, 6.45) is 11.3. The zero-order valence-electron chi connectivity index (χ0n) is 10.6. The third kappa shape index (κ3) is 2.65. The molecular formula is C16H23N. The van der Waals surface area contributed by atoms with Gasteiger partial charge in [0.2, 0.25) is 0 Å². The Labute approximate surface area is 105 Å². The zero-order valence-corrected chi connectivity index (χ0v) is 10.6. The molecule has 1 nitrogen and oxygen atoms in total. The Hall–Kier alpha value is -0.980. The summed E-state index contributed by atoms with van der Waals surface area (Å²) in [6.45, 7) is 0. The van der Waals surface area contributed by atoms with Gasteiger partial charge >= 0.3 is 0 Å². The highest BCUT2D eigenvalue weighted by Gasteiger charge is 2.20. The van der Waals surface area contributed by atoms with E-state index < -0.39 is 0 Å². The zero-order chi connectivity index (χ0) is 11.5. The van der Waals surface area contributed by atoms with Gasteiger partial charge in [-0.15, -0.1) is 0 Å². The van der Waals surface area contributed by atoms with Crippen LogP contribution in [0, 0.1) is 5.92 Å². The number of nitrogens with one attached hydrogen (secondary N) is 1. The molecule has 1 unspecified atom stereocenters. The molecule has 1 atom stereocenters. The Bertz CT molecular complexity index is 366. The summed E-state index contributed by atoms with van der Waals surface area (Å²) in [5.41, 5.74) is 2.89. The highest BCUT2D eigenvalue weighted by atomic mass is 14.9. The van der Waals surface area contributed by atoms with Crippen LogP contribution in [-0.2, 0) is 6.42 Å². The van der Waals surface area contributed by atoms with E-state index in [-0.39, 0.29) is 0 Å². The molecule has 0 spiro atoms. The monoisotopic (exact) mass is 229 g/mol. The van der Waals surface area contributed by atoms with Crippen LogP contribution in [0.15, 0.2) is 24.3 Å². The van der Waals surface area contributed by atoms with E-state index in [0.29, 0.717) is 0 Å². The first-order chi connectivity index (χ1) is 8.42. The Balaban J connectivity index is 1.53. The minimum absolute atomic E-state index is 0.727. The molecule has 1 aliphatic heterocycles. The van der Waals surface area contributed by atoms with E-state index in [1.807, 2.05) is 0 Å². The van der Waals surface area contributed by atoms with Gasteiger partial charge in [0.1, 0.15) is 0 Å². The normalized spacial score (nSPS) is 24.4. The Morgan fingerprint density at radius 2 is 1.82 bits per heavy atom. The number of anilines is 1. The molecule has 2 aliphatic rings. The maximum absolute atomic E-state index is 3.72. The molecule has 1 aromatic rings. The van der Waals surface area contributed by atoms with Gasteiger partial charge in [-0.05, 0) is 43.2 Å². The van der Waals surface area contributed by atoms with Crippen molar-refractivity contribution in [2.24, 2.45) is 5.92 Å². The molecule has 3 rings (SSSR count). The molecule has 1 N–H and O–H groups in total. The third-order valence-electron chi connectivity index (χ3n) is 4.54. The van der Waals surface area contributed by atoms with E-state index in [9.17, 15) is 0 Å². The largest absolute Gasteiger partial charge is 0.382 e. The number of fused-ring (bicyclic) bond motifs is 1. The van der Waals surface area contributed by atoms with Crippen molar-refractivity contribution >= 4 is 5.69 Å². The summed E-state index contributed by atoms with van der Waals surface area (Å²) in [5.74, 6) is 1.04. The van der Waals surface area contributed by atoms with E-state index in [4.69, 9.17) is 0 Å². The van der Waals surface area contributed by atoms with Gasteiger partial charge in [0.15, 0.2) is 0 Å². The van der Waals surface area contributed by atoms with Crippen molar-refractivity contribution in [3.63, 3.8) is 0 Å². The third-order valence-corrected chi connectivity index (χ3v) is 4.54. The van der Waals surface area contributed by atoms with Crippen molar-refractivity contribution in [3.8, 4) is 0 Å². The van der Waals surface area contributed by atoms with Gasteiger partial charge in [0, 0.05) is 11.7 Å². The fourth-order valence-electron chi connectivity index (χ4n) is 3.45. The quantitative estimate of drug-likeness (QED) is 0.811. The molecule has 1 aromatic carbocycles. The first-order valence-electron chi connectivity index (χ1n) is 7.26. The van der Waals surface area contributed by atoms with Crippen molar-refractivity contribution in [2.45, 2.75) is 57.4 Å². The molecule has 1 saturated carbocycles. The van der Waals surface area contributed by atoms with Gasteiger partial charge in [-0.25, -0.2) is 0 Å². The molecule has 0 saturated heterocycles. The molecule has 17 heavy (non-hydrogen) atoms. The van der Waals surface area contributed by atoms with E-state index in [0.717, 1.165) is 12.0 Å². The lowest BCUT2D eigenvalue weighted by Crippen LogP contribution is -2.25. The molecule has 92 valence electrons. The van der Waals surface area contributed by atoms with Crippen molar-refractivity contribution in [3.05, 3.63) is 29.8 Å². The lowest BCUT2D eigenvalue weighted by molar-refractivity contribution is 0.445. The van der Waals surface area contributed by atoms with Crippen LogP contribution in [0.3, 0.4) is 0 Å². The van der Waals surface area contributed by atoms with Gasteiger partial charge in [-0.2, -0.15) is 0 Å². The van der Waals surface area contributed by atoms with E-state index in [1.165, 1.54) is 62.6 Å². The van der Waals surface area contributed by atoms with Crippen molar-refractivity contribution in [1.29, 1.82) is 0 Å². The first kappa shape index (κ1) is 11.1. The second-order valence-corrected chi connectivity index (χ2v) is 5.76. The van der Waals surface area contributed by atoms with E-state index >= 15 is 0 Å². The summed E-state index contributed by atoms with van der Waals surface area (Å²) in [5, 5.41) is 3.72.